The molecule has 0 saturated carbocycles. The quantitative estimate of drug-likeness (QED) is 0.537. The Hall–Kier alpha value is -2.16. The molecule has 1 atom stereocenters. The molecule has 0 aromatic carbocycles. The number of carbonyl (C=O) groups is 4. The summed E-state index contributed by atoms with van der Waals surface area (Å²) in [7, 11) is 1.23. The Morgan fingerprint density at radius 2 is 2.09 bits per heavy atom. The second-order valence-corrected chi connectivity index (χ2v) is 5.23. The van der Waals surface area contributed by atoms with Crippen LogP contribution in [0, 0.1) is 0 Å². The summed E-state index contributed by atoms with van der Waals surface area (Å²) in [5, 5.41) is 7.34. The molecule has 1 rings (SSSR count). The second kappa shape index (κ2) is 8.32. The molecule has 0 radical (unpaired) electrons. The Kier molecular flexibility index (Phi) is 6.77. The monoisotopic (exact) mass is 314 g/mol. The topological polar surface area (TPSA) is 117 Å². The SMILES string of the molecule is COC(=O)CC1C(=O)NCCN1CC(=O)NC(=O)NC(C)C. The molecular weight excluding hydrogens is 292 g/mol. The van der Waals surface area contributed by atoms with Crippen LogP contribution in [0.1, 0.15) is 20.3 Å². The van der Waals surface area contributed by atoms with E-state index in [4.69, 9.17) is 0 Å². The third kappa shape index (κ3) is 5.68. The molecule has 22 heavy (non-hydrogen) atoms. The number of hydrogen-bond acceptors (Lipinski definition) is 6. The Morgan fingerprint density at radius 1 is 1.41 bits per heavy atom. The van der Waals surface area contributed by atoms with Crippen LogP contribution in [0.25, 0.3) is 0 Å². The summed E-state index contributed by atoms with van der Waals surface area (Å²) in [5.74, 6) is -1.41. The van der Waals surface area contributed by atoms with Gasteiger partial charge in [-0.1, -0.05) is 0 Å². The lowest BCUT2D eigenvalue weighted by Crippen LogP contribution is -2.58. The zero-order valence-corrected chi connectivity index (χ0v) is 13.0. The normalized spacial score (nSPS) is 18.5. The maximum Gasteiger partial charge on any atom is 0.321 e. The molecule has 0 aromatic heterocycles. The highest BCUT2D eigenvalue weighted by Gasteiger charge is 2.33. The lowest BCUT2D eigenvalue weighted by molar-refractivity contribution is -0.146. The number of esters is 1. The van der Waals surface area contributed by atoms with Crippen LogP contribution in [-0.4, -0.2) is 67.5 Å². The van der Waals surface area contributed by atoms with Crippen molar-refractivity contribution in [2.75, 3.05) is 26.7 Å². The first-order chi connectivity index (χ1) is 10.3. The van der Waals surface area contributed by atoms with Crippen LogP contribution in [-0.2, 0) is 19.1 Å². The second-order valence-electron chi connectivity index (χ2n) is 5.23. The van der Waals surface area contributed by atoms with Gasteiger partial charge < -0.3 is 15.4 Å². The molecule has 1 aliphatic heterocycles. The molecule has 1 fully saturated rings. The Bertz CT molecular complexity index is 452. The molecule has 1 aliphatic rings. The number of hydrogen-bond donors (Lipinski definition) is 3. The van der Waals surface area contributed by atoms with Crippen LogP contribution >= 0.6 is 0 Å². The number of carbonyl (C=O) groups excluding carboxylic acids is 4. The van der Waals surface area contributed by atoms with Crippen LogP contribution in [0.15, 0.2) is 0 Å². The molecule has 9 heteroatoms. The van der Waals surface area contributed by atoms with Gasteiger partial charge in [0, 0.05) is 19.1 Å². The summed E-state index contributed by atoms with van der Waals surface area (Å²) in [6.45, 7) is 4.17. The van der Waals surface area contributed by atoms with Gasteiger partial charge >= 0.3 is 12.0 Å². The van der Waals surface area contributed by atoms with Crippen LogP contribution in [0.2, 0.25) is 0 Å². The van der Waals surface area contributed by atoms with Crippen LogP contribution < -0.4 is 16.0 Å². The maximum atomic E-state index is 11.8. The van der Waals surface area contributed by atoms with Gasteiger partial charge in [-0.05, 0) is 13.8 Å². The van der Waals surface area contributed by atoms with Crippen LogP contribution in [0.4, 0.5) is 4.79 Å². The predicted molar refractivity (Wildman–Crippen MR) is 76.8 cm³/mol. The zero-order valence-electron chi connectivity index (χ0n) is 13.0. The van der Waals surface area contributed by atoms with Crippen molar-refractivity contribution in [1.82, 2.24) is 20.9 Å². The highest BCUT2D eigenvalue weighted by Crippen LogP contribution is 2.09. The van der Waals surface area contributed by atoms with Gasteiger partial charge in [0.25, 0.3) is 0 Å². The van der Waals surface area contributed by atoms with E-state index in [-0.39, 0.29) is 24.9 Å². The lowest BCUT2D eigenvalue weighted by Gasteiger charge is -2.33. The summed E-state index contributed by atoms with van der Waals surface area (Å²) in [4.78, 5) is 48.1. The molecule has 4 amide bonds. The van der Waals surface area contributed by atoms with Gasteiger partial charge in [-0.15, -0.1) is 0 Å². The molecule has 124 valence electrons. The van der Waals surface area contributed by atoms with E-state index in [0.717, 1.165) is 0 Å². The highest BCUT2D eigenvalue weighted by molar-refractivity contribution is 5.96. The first-order valence-electron chi connectivity index (χ1n) is 7.02. The Labute approximate surface area is 128 Å². The number of rotatable bonds is 5. The molecule has 1 unspecified atom stereocenters. The number of nitrogens with zero attached hydrogens (tertiary/aromatic N) is 1. The molecule has 9 nitrogen and oxygen atoms in total. The van der Waals surface area contributed by atoms with Gasteiger partial charge in [0.2, 0.25) is 11.8 Å². The third-order valence-electron chi connectivity index (χ3n) is 3.05. The maximum absolute atomic E-state index is 11.8. The van der Waals surface area contributed by atoms with E-state index >= 15 is 0 Å². The molecular formula is C13H22N4O5. The lowest BCUT2D eigenvalue weighted by atomic mass is 10.1. The van der Waals surface area contributed by atoms with Crippen molar-refractivity contribution in [3.05, 3.63) is 0 Å². The molecule has 3 N–H and O–H groups in total. The zero-order chi connectivity index (χ0) is 16.7. The van der Waals surface area contributed by atoms with Crippen molar-refractivity contribution < 1.29 is 23.9 Å². The minimum absolute atomic E-state index is 0.0966. The molecule has 1 heterocycles. The molecule has 0 bridgehead atoms. The highest BCUT2D eigenvalue weighted by atomic mass is 16.5. The molecule has 0 aromatic rings. The van der Waals surface area contributed by atoms with Gasteiger partial charge in [0.1, 0.15) is 6.04 Å². The summed E-state index contributed by atoms with van der Waals surface area (Å²) in [6, 6.07) is -1.47. The predicted octanol–water partition coefficient (Wildman–Crippen LogP) is -1.42. The van der Waals surface area contributed by atoms with Gasteiger partial charge in [0.05, 0.1) is 20.1 Å². The van der Waals surface area contributed by atoms with E-state index in [2.05, 4.69) is 20.7 Å². The fourth-order valence-electron chi connectivity index (χ4n) is 2.06. The summed E-state index contributed by atoms with van der Waals surface area (Å²) in [5.41, 5.74) is 0. The third-order valence-corrected chi connectivity index (χ3v) is 3.05. The standard InChI is InChI=1S/C13H22N4O5/c1-8(2)15-13(21)16-10(18)7-17-5-4-14-12(20)9(17)6-11(19)22-3/h8-9H,4-7H2,1-3H3,(H,14,20)(H2,15,16,18,21). The average Bonchev–Trinajstić information content (AvgIpc) is 2.41. The van der Waals surface area contributed by atoms with Crippen molar-refractivity contribution in [1.29, 1.82) is 0 Å². The van der Waals surface area contributed by atoms with Crippen molar-refractivity contribution in [2.24, 2.45) is 0 Å². The van der Waals surface area contributed by atoms with Gasteiger partial charge in [-0.3, -0.25) is 24.6 Å². The molecule has 1 saturated heterocycles. The number of nitrogens with one attached hydrogen (secondary N) is 3. The van der Waals surface area contributed by atoms with Crippen molar-refractivity contribution in [2.45, 2.75) is 32.4 Å². The minimum Gasteiger partial charge on any atom is -0.469 e. The Balaban J connectivity index is 2.59. The smallest absolute Gasteiger partial charge is 0.321 e. The number of imide groups is 1. The summed E-state index contributed by atoms with van der Waals surface area (Å²) < 4.78 is 4.55. The van der Waals surface area contributed by atoms with Crippen LogP contribution in [0.3, 0.4) is 0 Å². The number of amides is 4. The van der Waals surface area contributed by atoms with Crippen molar-refractivity contribution >= 4 is 23.8 Å². The minimum atomic E-state index is -0.778. The summed E-state index contributed by atoms with van der Waals surface area (Å²) in [6.07, 6.45) is -0.145. The Morgan fingerprint density at radius 3 is 2.68 bits per heavy atom. The van der Waals surface area contributed by atoms with Gasteiger partial charge in [0.15, 0.2) is 0 Å². The first kappa shape index (κ1) is 17.9. The number of urea groups is 1. The van der Waals surface area contributed by atoms with E-state index in [1.165, 1.54) is 7.11 Å². The fraction of sp³-hybridized carbons (Fsp3) is 0.692. The number of methoxy groups -OCH3 is 1. The van der Waals surface area contributed by atoms with E-state index < -0.39 is 23.9 Å². The average molecular weight is 314 g/mol. The number of ether oxygens (including phenoxy) is 1. The van der Waals surface area contributed by atoms with E-state index in [0.29, 0.717) is 13.1 Å². The van der Waals surface area contributed by atoms with E-state index in [1.54, 1.807) is 18.7 Å². The summed E-state index contributed by atoms with van der Waals surface area (Å²) >= 11 is 0. The largest absolute Gasteiger partial charge is 0.469 e. The van der Waals surface area contributed by atoms with Gasteiger partial charge in [-0.2, -0.15) is 0 Å². The van der Waals surface area contributed by atoms with Crippen LogP contribution in [0.5, 0.6) is 0 Å². The van der Waals surface area contributed by atoms with E-state index in [9.17, 15) is 19.2 Å². The van der Waals surface area contributed by atoms with Crippen molar-refractivity contribution in [3.63, 3.8) is 0 Å². The molecule has 0 spiro atoms. The number of piperazine rings is 1. The van der Waals surface area contributed by atoms with E-state index in [1.807, 2.05) is 0 Å². The van der Waals surface area contributed by atoms with Gasteiger partial charge in [-0.25, -0.2) is 4.79 Å². The first-order valence-corrected chi connectivity index (χ1v) is 7.02. The van der Waals surface area contributed by atoms with Crippen molar-refractivity contribution in [3.8, 4) is 0 Å². The fourth-order valence-corrected chi connectivity index (χ4v) is 2.06. The molecule has 0 aliphatic carbocycles.